The third-order valence-electron chi connectivity index (χ3n) is 3.86. The Morgan fingerprint density at radius 2 is 1.52 bits per heavy atom. The number of hydrogen-bond acceptors (Lipinski definition) is 6. The van der Waals surface area contributed by atoms with E-state index in [1.165, 1.54) is 0 Å². The standard InChI is InChI=1S/C21H24N2O4/c1-5-24-17-12-16(13-18(25-6-2)19(17)26-7-3)21-22-20(23-27-21)15-10-8-9-14(4)11-15/h8-13H,5-7H2,1-4H3. The van der Waals surface area contributed by atoms with Crippen molar-refractivity contribution in [3.05, 3.63) is 42.0 Å². The van der Waals surface area contributed by atoms with E-state index >= 15 is 0 Å². The lowest BCUT2D eigenvalue weighted by atomic mass is 10.1. The average molecular weight is 368 g/mol. The molecule has 1 aromatic heterocycles. The number of aryl methyl sites for hydroxylation is 1. The van der Waals surface area contributed by atoms with Gasteiger partial charge in [0.25, 0.3) is 5.89 Å². The van der Waals surface area contributed by atoms with Crippen LogP contribution in [-0.2, 0) is 0 Å². The second-order valence-corrected chi connectivity index (χ2v) is 5.89. The minimum absolute atomic E-state index is 0.400. The van der Waals surface area contributed by atoms with Crippen LogP contribution in [0.25, 0.3) is 22.8 Å². The quantitative estimate of drug-likeness (QED) is 0.563. The molecule has 0 aliphatic heterocycles. The van der Waals surface area contributed by atoms with E-state index in [-0.39, 0.29) is 0 Å². The number of benzene rings is 2. The highest BCUT2D eigenvalue weighted by Gasteiger charge is 2.19. The number of aromatic nitrogens is 2. The van der Waals surface area contributed by atoms with Crippen LogP contribution in [-0.4, -0.2) is 30.0 Å². The molecule has 2 aromatic carbocycles. The summed E-state index contributed by atoms with van der Waals surface area (Å²) in [6.07, 6.45) is 0. The van der Waals surface area contributed by atoms with E-state index in [4.69, 9.17) is 18.7 Å². The van der Waals surface area contributed by atoms with E-state index in [0.29, 0.717) is 48.8 Å². The minimum Gasteiger partial charge on any atom is -0.490 e. The summed E-state index contributed by atoms with van der Waals surface area (Å²) in [6, 6.07) is 11.6. The van der Waals surface area contributed by atoms with Crippen molar-refractivity contribution >= 4 is 0 Å². The zero-order chi connectivity index (χ0) is 19.2. The lowest BCUT2D eigenvalue weighted by Gasteiger charge is -2.16. The largest absolute Gasteiger partial charge is 0.490 e. The first-order chi connectivity index (χ1) is 13.2. The summed E-state index contributed by atoms with van der Waals surface area (Å²) < 4.78 is 22.7. The molecule has 0 saturated heterocycles. The van der Waals surface area contributed by atoms with Crippen LogP contribution >= 0.6 is 0 Å². The Bertz CT molecular complexity index is 878. The maximum absolute atomic E-state index is 5.75. The molecular weight excluding hydrogens is 344 g/mol. The molecule has 27 heavy (non-hydrogen) atoms. The molecule has 0 fully saturated rings. The van der Waals surface area contributed by atoms with Gasteiger partial charge < -0.3 is 18.7 Å². The van der Waals surface area contributed by atoms with Crippen molar-refractivity contribution in [2.24, 2.45) is 0 Å². The van der Waals surface area contributed by atoms with Gasteiger partial charge >= 0.3 is 0 Å². The summed E-state index contributed by atoms with van der Waals surface area (Å²) in [4.78, 5) is 4.54. The highest BCUT2D eigenvalue weighted by atomic mass is 16.5. The zero-order valence-corrected chi connectivity index (χ0v) is 16.1. The van der Waals surface area contributed by atoms with Crippen molar-refractivity contribution in [3.63, 3.8) is 0 Å². The molecule has 0 radical (unpaired) electrons. The number of rotatable bonds is 8. The van der Waals surface area contributed by atoms with Gasteiger partial charge in [0.15, 0.2) is 11.5 Å². The lowest BCUT2D eigenvalue weighted by molar-refractivity contribution is 0.261. The molecule has 0 bridgehead atoms. The van der Waals surface area contributed by atoms with E-state index in [2.05, 4.69) is 10.1 Å². The summed E-state index contributed by atoms with van der Waals surface area (Å²) in [5.41, 5.74) is 2.76. The molecule has 0 unspecified atom stereocenters. The van der Waals surface area contributed by atoms with E-state index in [1.807, 2.05) is 64.1 Å². The van der Waals surface area contributed by atoms with Gasteiger partial charge in [-0.05, 0) is 45.9 Å². The van der Waals surface area contributed by atoms with Gasteiger partial charge in [-0.3, -0.25) is 0 Å². The Labute approximate surface area is 159 Å². The van der Waals surface area contributed by atoms with Crippen LogP contribution < -0.4 is 14.2 Å². The van der Waals surface area contributed by atoms with Crippen molar-refractivity contribution < 1.29 is 18.7 Å². The van der Waals surface area contributed by atoms with Crippen molar-refractivity contribution in [2.45, 2.75) is 27.7 Å². The summed E-state index contributed by atoms with van der Waals surface area (Å²) in [7, 11) is 0. The predicted octanol–water partition coefficient (Wildman–Crippen LogP) is 4.91. The first kappa shape index (κ1) is 18.8. The highest BCUT2D eigenvalue weighted by Crippen LogP contribution is 2.41. The third kappa shape index (κ3) is 4.22. The fourth-order valence-electron chi connectivity index (χ4n) is 2.75. The molecule has 0 aliphatic rings. The molecule has 0 atom stereocenters. The number of hydrogen-bond donors (Lipinski definition) is 0. The van der Waals surface area contributed by atoms with Gasteiger partial charge in [0, 0.05) is 11.1 Å². The van der Waals surface area contributed by atoms with Crippen molar-refractivity contribution in [2.75, 3.05) is 19.8 Å². The SMILES string of the molecule is CCOc1cc(-c2nc(-c3cccc(C)c3)no2)cc(OCC)c1OCC. The zero-order valence-electron chi connectivity index (χ0n) is 16.1. The highest BCUT2D eigenvalue weighted by molar-refractivity contribution is 5.67. The second kappa shape index (κ2) is 8.58. The molecule has 1 heterocycles. The molecule has 142 valence electrons. The Kier molecular flexibility index (Phi) is 5.96. The molecule has 3 aromatic rings. The fraction of sp³-hybridized carbons (Fsp3) is 0.333. The molecule has 0 amide bonds. The number of nitrogens with zero attached hydrogens (tertiary/aromatic N) is 2. The predicted molar refractivity (Wildman–Crippen MR) is 103 cm³/mol. The van der Waals surface area contributed by atoms with E-state index < -0.39 is 0 Å². The Morgan fingerprint density at radius 3 is 2.11 bits per heavy atom. The summed E-state index contributed by atoms with van der Waals surface area (Å²) in [6.45, 7) is 9.32. The first-order valence-electron chi connectivity index (χ1n) is 9.13. The second-order valence-electron chi connectivity index (χ2n) is 5.89. The normalized spacial score (nSPS) is 10.7. The van der Waals surface area contributed by atoms with Gasteiger partial charge in [-0.25, -0.2) is 0 Å². The molecule has 3 rings (SSSR count). The van der Waals surface area contributed by atoms with Gasteiger partial charge in [0.05, 0.1) is 19.8 Å². The molecule has 0 saturated carbocycles. The van der Waals surface area contributed by atoms with Crippen LogP contribution in [0, 0.1) is 6.92 Å². The van der Waals surface area contributed by atoms with Crippen LogP contribution in [0.5, 0.6) is 17.2 Å². The molecule has 6 heteroatoms. The van der Waals surface area contributed by atoms with Gasteiger partial charge in [0.1, 0.15) is 0 Å². The minimum atomic E-state index is 0.400. The van der Waals surface area contributed by atoms with E-state index in [0.717, 1.165) is 16.7 Å². The maximum atomic E-state index is 5.75. The molecule has 0 aliphatic carbocycles. The van der Waals surface area contributed by atoms with Gasteiger partial charge in [-0.15, -0.1) is 0 Å². The Morgan fingerprint density at radius 1 is 0.852 bits per heavy atom. The van der Waals surface area contributed by atoms with Crippen LogP contribution in [0.15, 0.2) is 40.9 Å². The van der Waals surface area contributed by atoms with Crippen molar-refractivity contribution in [1.29, 1.82) is 0 Å². The van der Waals surface area contributed by atoms with Crippen molar-refractivity contribution in [3.8, 4) is 40.1 Å². The maximum Gasteiger partial charge on any atom is 0.258 e. The van der Waals surface area contributed by atoms with Crippen molar-refractivity contribution in [1.82, 2.24) is 10.1 Å². The van der Waals surface area contributed by atoms with Gasteiger partial charge in [0.2, 0.25) is 11.6 Å². The van der Waals surface area contributed by atoms with Crippen LogP contribution in [0.2, 0.25) is 0 Å². The van der Waals surface area contributed by atoms with Gasteiger partial charge in [-0.1, -0.05) is 28.9 Å². The average Bonchev–Trinajstić information content (AvgIpc) is 3.15. The van der Waals surface area contributed by atoms with Crippen LogP contribution in [0.3, 0.4) is 0 Å². The molecule has 0 N–H and O–H groups in total. The molecule has 6 nitrogen and oxygen atoms in total. The van der Waals surface area contributed by atoms with Crippen LogP contribution in [0.4, 0.5) is 0 Å². The Hall–Kier alpha value is -3.02. The van der Waals surface area contributed by atoms with E-state index in [1.54, 1.807) is 0 Å². The Balaban J connectivity index is 2.03. The van der Waals surface area contributed by atoms with Gasteiger partial charge in [-0.2, -0.15) is 4.98 Å². The lowest BCUT2D eigenvalue weighted by Crippen LogP contribution is -2.03. The monoisotopic (exact) mass is 368 g/mol. The molecular formula is C21H24N2O4. The molecule has 0 spiro atoms. The fourth-order valence-corrected chi connectivity index (χ4v) is 2.75. The smallest absolute Gasteiger partial charge is 0.258 e. The summed E-state index contributed by atoms with van der Waals surface area (Å²) >= 11 is 0. The third-order valence-corrected chi connectivity index (χ3v) is 3.86. The summed E-state index contributed by atoms with van der Waals surface area (Å²) in [5.74, 6) is 2.71. The topological polar surface area (TPSA) is 66.6 Å². The first-order valence-corrected chi connectivity index (χ1v) is 9.13. The number of ether oxygens (including phenoxy) is 3. The van der Waals surface area contributed by atoms with E-state index in [9.17, 15) is 0 Å². The summed E-state index contributed by atoms with van der Waals surface area (Å²) in [5, 5.41) is 4.12. The van der Waals surface area contributed by atoms with Crippen LogP contribution in [0.1, 0.15) is 26.3 Å².